The smallest absolute Gasteiger partial charge is 0.236 e. The van der Waals surface area contributed by atoms with Crippen molar-refractivity contribution in [2.45, 2.75) is 16.7 Å². The van der Waals surface area contributed by atoms with Gasteiger partial charge in [-0.3, -0.25) is 4.79 Å². The highest BCUT2D eigenvalue weighted by Gasteiger charge is 2.17. The van der Waals surface area contributed by atoms with Crippen molar-refractivity contribution in [1.29, 1.82) is 0 Å². The predicted molar refractivity (Wildman–Crippen MR) is 98.7 cm³/mol. The van der Waals surface area contributed by atoms with Crippen molar-refractivity contribution >= 4 is 38.9 Å². The summed E-state index contributed by atoms with van der Waals surface area (Å²) in [5, 5.41) is 10.8. The Hall–Kier alpha value is -2.45. The number of carbonyl (C=O) groups is 1. The monoisotopic (exact) mass is 373 g/mol. The van der Waals surface area contributed by atoms with E-state index in [1.165, 1.54) is 30.1 Å². The van der Waals surface area contributed by atoms with Crippen LogP contribution in [0.2, 0.25) is 0 Å². The van der Waals surface area contributed by atoms with Crippen LogP contribution in [0.4, 0.5) is 0 Å². The van der Waals surface area contributed by atoms with Crippen molar-refractivity contribution in [2.24, 2.45) is 10.2 Å². The van der Waals surface area contributed by atoms with Crippen LogP contribution in [-0.2, 0) is 14.6 Å². The summed E-state index contributed by atoms with van der Waals surface area (Å²) < 4.78 is 25.2. The minimum Gasteiger partial charge on any atom is -0.303 e. The van der Waals surface area contributed by atoms with Crippen LogP contribution in [0.1, 0.15) is 11.1 Å². The minimum absolute atomic E-state index is 0.0929. The Labute approximate surface area is 150 Å². The normalized spacial score (nSPS) is 16.5. The zero-order chi connectivity index (χ0) is 17.9. The Bertz CT molecular complexity index is 948. The number of amidine groups is 1. The number of rotatable bonds is 4. The number of nitrogens with one attached hydrogen (secondary N) is 1. The van der Waals surface area contributed by atoms with Gasteiger partial charge in [-0.15, -0.1) is 5.10 Å². The number of benzene rings is 2. The summed E-state index contributed by atoms with van der Waals surface area (Å²) >= 11 is 1.29. The number of sulfone groups is 1. The third kappa shape index (κ3) is 4.15. The van der Waals surface area contributed by atoms with E-state index in [1.807, 2.05) is 6.92 Å². The molecule has 0 saturated carbocycles. The fraction of sp³-hybridized carbons (Fsp3) is 0.118. The molecule has 6 nitrogen and oxygen atoms in total. The molecule has 1 aliphatic heterocycles. The topological polar surface area (TPSA) is 88.0 Å². The number of carbonyl (C=O) groups excluding carboxylic acids is 1. The molecular weight excluding hydrogens is 358 g/mol. The van der Waals surface area contributed by atoms with Crippen molar-refractivity contribution in [3.8, 4) is 0 Å². The van der Waals surface area contributed by atoms with Gasteiger partial charge < -0.3 is 5.32 Å². The lowest BCUT2D eigenvalue weighted by atomic mass is 10.2. The molecule has 3 rings (SSSR count). The molecule has 0 aliphatic carbocycles. The maximum Gasteiger partial charge on any atom is 0.236 e. The highest BCUT2D eigenvalue weighted by Crippen LogP contribution is 2.21. The van der Waals surface area contributed by atoms with E-state index in [9.17, 15) is 13.2 Å². The summed E-state index contributed by atoms with van der Waals surface area (Å²) in [4.78, 5) is 11.5. The fourth-order valence-electron chi connectivity index (χ4n) is 2.11. The van der Waals surface area contributed by atoms with Gasteiger partial charge in [0, 0.05) is 0 Å². The van der Waals surface area contributed by atoms with E-state index in [0.29, 0.717) is 16.5 Å². The van der Waals surface area contributed by atoms with Crippen molar-refractivity contribution in [3.05, 3.63) is 59.7 Å². The number of aryl methyl sites for hydroxylation is 1. The van der Waals surface area contributed by atoms with E-state index < -0.39 is 9.84 Å². The molecule has 2 aromatic rings. The molecule has 1 N–H and O–H groups in total. The average molecular weight is 373 g/mol. The molecule has 0 atom stereocenters. The SMILES string of the molecule is Cc1ccc(S(=O)(=O)c2ccc(C=NN=C3NC(=O)CS3)cc2)cc1. The fourth-order valence-corrected chi connectivity index (χ4v) is 4.01. The standard InChI is InChI=1S/C17H15N3O3S2/c1-12-2-6-14(7-3-12)25(22,23)15-8-4-13(5-9-15)10-18-20-17-19-16(21)11-24-17/h2-10H,11H2,1H3,(H,19,20,21). The Morgan fingerprint density at radius 1 is 1.04 bits per heavy atom. The van der Waals surface area contributed by atoms with Gasteiger partial charge in [-0.2, -0.15) is 5.10 Å². The molecule has 0 aromatic heterocycles. The second-order valence-corrected chi connectivity index (χ2v) is 8.29. The zero-order valence-electron chi connectivity index (χ0n) is 13.3. The molecular formula is C17H15N3O3S2. The molecule has 25 heavy (non-hydrogen) atoms. The van der Waals surface area contributed by atoms with Crippen LogP contribution in [0.25, 0.3) is 0 Å². The van der Waals surface area contributed by atoms with Gasteiger partial charge in [-0.05, 0) is 36.8 Å². The van der Waals surface area contributed by atoms with E-state index in [4.69, 9.17) is 0 Å². The number of amides is 1. The molecule has 0 radical (unpaired) electrons. The van der Waals surface area contributed by atoms with Gasteiger partial charge in [0.15, 0.2) is 5.17 Å². The van der Waals surface area contributed by atoms with E-state index in [2.05, 4.69) is 15.5 Å². The van der Waals surface area contributed by atoms with E-state index >= 15 is 0 Å². The molecule has 0 unspecified atom stereocenters. The lowest BCUT2D eigenvalue weighted by molar-refractivity contribution is -0.116. The van der Waals surface area contributed by atoms with Crippen LogP contribution in [0, 0.1) is 6.92 Å². The molecule has 0 spiro atoms. The Morgan fingerprint density at radius 2 is 1.64 bits per heavy atom. The third-order valence-electron chi connectivity index (χ3n) is 3.46. The molecule has 1 heterocycles. The van der Waals surface area contributed by atoms with Gasteiger partial charge in [0.2, 0.25) is 15.7 Å². The van der Waals surface area contributed by atoms with Crippen molar-refractivity contribution in [1.82, 2.24) is 5.32 Å². The molecule has 1 fully saturated rings. The zero-order valence-corrected chi connectivity index (χ0v) is 15.0. The van der Waals surface area contributed by atoms with Gasteiger partial charge in [0.05, 0.1) is 21.8 Å². The lowest BCUT2D eigenvalue weighted by Gasteiger charge is -2.05. The Morgan fingerprint density at radius 3 is 2.20 bits per heavy atom. The Balaban J connectivity index is 1.75. The molecule has 8 heteroatoms. The van der Waals surface area contributed by atoms with Crippen molar-refractivity contribution < 1.29 is 13.2 Å². The van der Waals surface area contributed by atoms with E-state index in [0.717, 1.165) is 5.56 Å². The quantitative estimate of drug-likeness (QED) is 0.658. The van der Waals surface area contributed by atoms with Gasteiger partial charge in [-0.1, -0.05) is 41.6 Å². The van der Waals surface area contributed by atoms with Crippen LogP contribution in [0.15, 0.2) is 68.5 Å². The van der Waals surface area contributed by atoms with E-state index in [1.54, 1.807) is 36.4 Å². The first-order valence-corrected chi connectivity index (χ1v) is 9.87. The van der Waals surface area contributed by atoms with Crippen LogP contribution in [-0.4, -0.2) is 31.5 Å². The van der Waals surface area contributed by atoms with Crippen LogP contribution < -0.4 is 5.32 Å². The number of hydrogen-bond acceptors (Lipinski definition) is 6. The second-order valence-electron chi connectivity index (χ2n) is 5.37. The molecule has 1 amide bonds. The summed E-state index contributed by atoms with van der Waals surface area (Å²) in [6, 6.07) is 13.1. The first-order valence-electron chi connectivity index (χ1n) is 7.41. The molecule has 1 aliphatic rings. The van der Waals surface area contributed by atoms with Crippen molar-refractivity contribution in [3.63, 3.8) is 0 Å². The van der Waals surface area contributed by atoms with Crippen molar-refractivity contribution in [2.75, 3.05) is 5.75 Å². The molecule has 128 valence electrons. The summed E-state index contributed by atoms with van der Waals surface area (Å²) in [7, 11) is -3.54. The first kappa shape index (κ1) is 17.4. The number of hydrogen-bond donors (Lipinski definition) is 1. The maximum absolute atomic E-state index is 12.6. The maximum atomic E-state index is 12.6. The number of nitrogens with zero attached hydrogens (tertiary/aromatic N) is 2. The molecule has 1 saturated heterocycles. The van der Waals surface area contributed by atoms with E-state index in [-0.39, 0.29) is 15.7 Å². The summed E-state index contributed by atoms with van der Waals surface area (Å²) in [5.74, 6) is 0.254. The van der Waals surface area contributed by atoms with Gasteiger partial charge >= 0.3 is 0 Å². The first-order chi connectivity index (χ1) is 11.9. The highest BCUT2D eigenvalue weighted by atomic mass is 32.2. The Kier molecular flexibility index (Phi) is 5.00. The summed E-state index contributed by atoms with van der Waals surface area (Å²) in [6.45, 7) is 1.91. The summed E-state index contributed by atoms with van der Waals surface area (Å²) in [6.07, 6.45) is 1.50. The highest BCUT2D eigenvalue weighted by molar-refractivity contribution is 8.15. The average Bonchev–Trinajstić information content (AvgIpc) is 3.01. The summed E-state index contributed by atoms with van der Waals surface area (Å²) in [5.41, 5.74) is 1.71. The lowest BCUT2D eigenvalue weighted by Crippen LogP contribution is -2.19. The van der Waals surface area contributed by atoms with Crippen LogP contribution in [0.5, 0.6) is 0 Å². The molecule has 0 bridgehead atoms. The molecule has 2 aromatic carbocycles. The largest absolute Gasteiger partial charge is 0.303 e. The van der Waals surface area contributed by atoms with Gasteiger partial charge in [0.25, 0.3) is 0 Å². The minimum atomic E-state index is -3.54. The van der Waals surface area contributed by atoms with Gasteiger partial charge in [0.1, 0.15) is 0 Å². The van der Waals surface area contributed by atoms with Crippen LogP contribution >= 0.6 is 11.8 Å². The predicted octanol–water partition coefficient (Wildman–Crippen LogP) is 2.38. The third-order valence-corrected chi connectivity index (χ3v) is 6.11. The van der Waals surface area contributed by atoms with Gasteiger partial charge in [-0.25, -0.2) is 8.42 Å². The van der Waals surface area contributed by atoms with Crippen LogP contribution in [0.3, 0.4) is 0 Å². The second kappa shape index (κ2) is 7.20. The number of thioether (sulfide) groups is 1.